The number of hydrogen-bond acceptors (Lipinski definition) is 2. The Balaban J connectivity index is 2.98. The summed E-state index contributed by atoms with van der Waals surface area (Å²) in [6.07, 6.45) is 0. The zero-order valence-electron chi connectivity index (χ0n) is 7.05. The maximum absolute atomic E-state index is 11.1. The van der Waals surface area contributed by atoms with E-state index < -0.39 is 0 Å². The number of halogens is 2. The van der Waals surface area contributed by atoms with Gasteiger partial charge in [-0.2, -0.15) is 5.26 Å². The van der Waals surface area contributed by atoms with Crippen LogP contribution in [-0.2, 0) is 4.79 Å². The number of amides is 1. The van der Waals surface area contributed by atoms with Crippen LogP contribution in [0.25, 0.3) is 0 Å². The number of hydrogen-bond donors (Lipinski definition) is 1. The molecule has 0 saturated heterocycles. The van der Waals surface area contributed by atoms with Crippen molar-refractivity contribution in [2.75, 3.05) is 10.6 Å². The highest BCUT2D eigenvalue weighted by Gasteiger charge is 2.05. The number of alkyl halides is 1. The minimum atomic E-state index is -0.177. The van der Waals surface area contributed by atoms with Crippen molar-refractivity contribution in [2.24, 2.45) is 0 Å². The molecule has 0 aliphatic carbocycles. The average molecular weight is 318 g/mol. The summed E-state index contributed by atoms with van der Waals surface area (Å²) in [6.45, 7) is 0. The molecule has 1 rings (SSSR count). The van der Waals surface area contributed by atoms with Gasteiger partial charge < -0.3 is 5.32 Å². The lowest BCUT2D eigenvalue weighted by molar-refractivity contribution is -0.113. The lowest BCUT2D eigenvalue weighted by Gasteiger charge is -2.04. The molecule has 0 aliphatic rings. The van der Waals surface area contributed by atoms with Crippen molar-refractivity contribution in [1.82, 2.24) is 0 Å². The van der Waals surface area contributed by atoms with Crippen molar-refractivity contribution in [2.45, 2.75) is 0 Å². The Morgan fingerprint density at radius 2 is 2.29 bits per heavy atom. The van der Waals surface area contributed by atoms with E-state index in [4.69, 9.17) is 5.26 Å². The Kier molecular flexibility index (Phi) is 4.11. The van der Waals surface area contributed by atoms with Gasteiger partial charge in [-0.3, -0.25) is 4.79 Å². The van der Waals surface area contributed by atoms with E-state index >= 15 is 0 Å². The molecule has 0 saturated carbocycles. The van der Waals surface area contributed by atoms with E-state index in [1.807, 2.05) is 6.07 Å². The van der Waals surface area contributed by atoms with Gasteiger partial charge in [0.15, 0.2) is 0 Å². The van der Waals surface area contributed by atoms with Crippen LogP contribution < -0.4 is 5.32 Å². The lowest BCUT2D eigenvalue weighted by atomic mass is 10.2. The largest absolute Gasteiger partial charge is 0.324 e. The summed E-state index contributed by atoms with van der Waals surface area (Å²) in [6, 6.07) is 7.11. The molecule has 5 heteroatoms. The van der Waals surface area contributed by atoms with Crippen LogP contribution in [0.5, 0.6) is 0 Å². The topological polar surface area (TPSA) is 52.9 Å². The molecule has 0 aliphatic heterocycles. The number of benzene rings is 1. The van der Waals surface area contributed by atoms with Crippen LogP contribution in [0.4, 0.5) is 5.69 Å². The van der Waals surface area contributed by atoms with Gasteiger partial charge in [0.25, 0.3) is 0 Å². The number of nitrogens with zero attached hydrogens (tertiary/aromatic N) is 1. The lowest BCUT2D eigenvalue weighted by Crippen LogP contribution is -2.13. The molecule has 0 heterocycles. The van der Waals surface area contributed by atoms with E-state index in [-0.39, 0.29) is 11.2 Å². The first-order valence-electron chi connectivity index (χ1n) is 3.73. The monoisotopic (exact) mass is 316 g/mol. The van der Waals surface area contributed by atoms with Crippen molar-refractivity contribution in [1.29, 1.82) is 5.26 Å². The Hall–Kier alpha value is -0.860. The fraction of sp³-hybridized carbons (Fsp3) is 0.111. The molecule has 0 aromatic heterocycles. The molecule has 0 fully saturated rings. The molecule has 1 N–H and O–H groups in total. The summed E-state index contributed by atoms with van der Waals surface area (Å²) in [5, 5.41) is 11.6. The summed E-state index contributed by atoms with van der Waals surface area (Å²) < 4.78 is 0.811. The van der Waals surface area contributed by atoms with Gasteiger partial charge in [0.2, 0.25) is 5.91 Å². The molecular weight excluding hydrogens is 312 g/mol. The van der Waals surface area contributed by atoms with Crippen LogP contribution in [0, 0.1) is 11.3 Å². The van der Waals surface area contributed by atoms with Gasteiger partial charge in [-0.15, -0.1) is 0 Å². The Labute approximate surface area is 98.4 Å². The maximum atomic E-state index is 11.1. The van der Waals surface area contributed by atoms with Crippen LogP contribution in [0.2, 0.25) is 0 Å². The third-order valence-corrected chi connectivity index (χ3v) is 2.50. The number of anilines is 1. The molecule has 1 aromatic rings. The molecule has 3 nitrogen and oxygen atoms in total. The van der Waals surface area contributed by atoms with Crippen molar-refractivity contribution >= 4 is 43.5 Å². The first-order valence-corrected chi connectivity index (χ1v) is 5.64. The third-order valence-electron chi connectivity index (χ3n) is 1.50. The average Bonchev–Trinajstić information content (AvgIpc) is 2.20. The second-order valence-electron chi connectivity index (χ2n) is 2.48. The summed E-state index contributed by atoms with van der Waals surface area (Å²) >= 11 is 6.28. The molecule has 1 amide bonds. The molecule has 72 valence electrons. The first-order chi connectivity index (χ1) is 6.67. The Bertz CT molecular complexity index is 398. The summed E-state index contributed by atoms with van der Waals surface area (Å²) in [7, 11) is 0. The molecule has 0 atom stereocenters. The van der Waals surface area contributed by atoms with Crippen molar-refractivity contribution in [3.63, 3.8) is 0 Å². The highest BCUT2D eigenvalue weighted by Crippen LogP contribution is 2.20. The van der Waals surface area contributed by atoms with Crippen LogP contribution in [0.15, 0.2) is 22.7 Å². The van der Waals surface area contributed by atoms with Crippen LogP contribution in [0.3, 0.4) is 0 Å². The molecule has 0 unspecified atom stereocenters. The van der Waals surface area contributed by atoms with E-state index in [0.717, 1.165) is 4.47 Å². The van der Waals surface area contributed by atoms with E-state index in [9.17, 15) is 4.79 Å². The molecule has 0 radical (unpaired) electrons. The SMILES string of the molecule is N#Cc1cc(Br)ccc1NC(=O)CBr. The summed E-state index contributed by atoms with van der Waals surface area (Å²) in [5.74, 6) is -0.177. The summed E-state index contributed by atoms with van der Waals surface area (Å²) in [5.41, 5.74) is 0.967. The van der Waals surface area contributed by atoms with Gasteiger partial charge >= 0.3 is 0 Å². The molecule has 0 bridgehead atoms. The molecule has 1 aromatic carbocycles. The van der Waals surface area contributed by atoms with E-state index in [2.05, 4.69) is 37.2 Å². The highest BCUT2D eigenvalue weighted by molar-refractivity contribution is 9.10. The quantitative estimate of drug-likeness (QED) is 0.853. The van der Waals surface area contributed by atoms with Crippen molar-refractivity contribution in [3.8, 4) is 6.07 Å². The zero-order valence-corrected chi connectivity index (χ0v) is 10.2. The first kappa shape index (κ1) is 11.2. The number of nitriles is 1. The highest BCUT2D eigenvalue weighted by atomic mass is 79.9. The molecular formula is C9H6Br2N2O. The third kappa shape index (κ3) is 2.82. The smallest absolute Gasteiger partial charge is 0.235 e. The van der Waals surface area contributed by atoms with Gasteiger partial charge in [0.05, 0.1) is 16.6 Å². The predicted octanol–water partition coefficient (Wildman–Crippen LogP) is 2.65. The van der Waals surface area contributed by atoms with Crippen LogP contribution in [0.1, 0.15) is 5.56 Å². The van der Waals surface area contributed by atoms with E-state index in [1.165, 1.54) is 0 Å². The second-order valence-corrected chi connectivity index (χ2v) is 3.96. The fourth-order valence-corrected chi connectivity index (χ4v) is 1.40. The van der Waals surface area contributed by atoms with Gasteiger partial charge in [-0.1, -0.05) is 31.9 Å². The van der Waals surface area contributed by atoms with Gasteiger partial charge in [0, 0.05) is 4.47 Å². The standard InChI is InChI=1S/C9H6Br2N2O/c10-4-9(14)13-8-2-1-7(11)3-6(8)5-12/h1-3H,4H2,(H,13,14). The van der Waals surface area contributed by atoms with Gasteiger partial charge in [0.1, 0.15) is 6.07 Å². The van der Waals surface area contributed by atoms with Crippen LogP contribution in [-0.4, -0.2) is 11.2 Å². The zero-order chi connectivity index (χ0) is 10.6. The molecule has 0 spiro atoms. The number of carbonyl (C=O) groups excluding carboxylic acids is 1. The second kappa shape index (κ2) is 5.13. The number of nitrogens with one attached hydrogen (secondary N) is 1. The predicted molar refractivity (Wildman–Crippen MR) is 61.3 cm³/mol. The minimum Gasteiger partial charge on any atom is -0.324 e. The Morgan fingerprint density at radius 3 is 2.86 bits per heavy atom. The van der Waals surface area contributed by atoms with Crippen molar-refractivity contribution in [3.05, 3.63) is 28.2 Å². The summed E-state index contributed by atoms with van der Waals surface area (Å²) in [4.78, 5) is 11.1. The van der Waals surface area contributed by atoms with E-state index in [0.29, 0.717) is 11.3 Å². The van der Waals surface area contributed by atoms with Gasteiger partial charge in [-0.05, 0) is 18.2 Å². The fourth-order valence-electron chi connectivity index (χ4n) is 0.902. The van der Waals surface area contributed by atoms with E-state index in [1.54, 1.807) is 18.2 Å². The maximum Gasteiger partial charge on any atom is 0.235 e. The molecule has 14 heavy (non-hydrogen) atoms. The van der Waals surface area contributed by atoms with Crippen LogP contribution >= 0.6 is 31.9 Å². The Morgan fingerprint density at radius 1 is 1.57 bits per heavy atom. The van der Waals surface area contributed by atoms with Crippen molar-refractivity contribution < 1.29 is 4.79 Å². The number of rotatable bonds is 2. The number of carbonyl (C=O) groups is 1. The van der Waals surface area contributed by atoms with Gasteiger partial charge in [-0.25, -0.2) is 0 Å². The normalized spacial score (nSPS) is 9.21. The minimum absolute atomic E-state index is 0.177.